The fourth-order valence-electron chi connectivity index (χ4n) is 0.905. The van der Waals surface area contributed by atoms with Crippen molar-refractivity contribution in [2.24, 2.45) is 0 Å². The molecule has 0 saturated heterocycles. The molecule has 0 saturated carbocycles. The lowest BCUT2D eigenvalue weighted by molar-refractivity contribution is 0.331. The molecule has 0 aliphatic carbocycles. The minimum Gasteiger partial charge on any atom is -0.318 e. The van der Waals surface area contributed by atoms with E-state index >= 15 is 0 Å². The smallest absolute Gasteiger partial charge is 0.0666 e. The van der Waals surface area contributed by atoms with Crippen molar-refractivity contribution in [3.05, 3.63) is 11.1 Å². The molecule has 68 valence electrons. The van der Waals surface area contributed by atoms with Gasteiger partial charge in [0.05, 0.1) is 11.1 Å². The van der Waals surface area contributed by atoms with Crippen molar-refractivity contribution < 1.29 is 0 Å². The van der Waals surface area contributed by atoms with Crippen molar-refractivity contribution in [2.45, 2.75) is 6.54 Å². The van der Waals surface area contributed by atoms with Gasteiger partial charge < -0.3 is 5.32 Å². The van der Waals surface area contributed by atoms with Crippen LogP contribution < -0.4 is 5.32 Å². The highest BCUT2D eigenvalue weighted by atomic mass is 32.1. The van der Waals surface area contributed by atoms with Crippen LogP contribution in [0.2, 0.25) is 0 Å². The summed E-state index contributed by atoms with van der Waals surface area (Å²) in [6.07, 6.45) is 1.82. The highest BCUT2D eigenvalue weighted by Gasteiger charge is 2.00. The molecule has 0 aliphatic rings. The second kappa shape index (κ2) is 5.18. The van der Waals surface area contributed by atoms with Gasteiger partial charge in [0, 0.05) is 19.6 Å². The molecular weight excluding hydrogens is 172 g/mol. The topological polar surface area (TPSA) is 41.0 Å². The maximum Gasteiger partial charge on any atom is 0.0666 e. The van der Waals surface area contributed by atoms with Gasteiger partial charge in [0.2, 0.25) is 0 Å². The fourth-order valence-corrected chi connectivity index (χ4v) is 1.48. The number of likely N-dealkylation sites (N-methyl/N-ethyl adjacent to an activating group) is 2. The lowest BCUT2D eigenvalue weighted by Gasteiger charge is -2.13. The first-order valence-corrected chi connectivity index (χ1v) is 4.69. The molecule has 0 amide bonds. The van der Waals surface area contributed by atoms with Crippen LogP contribution in [0, 0.1) is 0 Å². The van der Waals surface area contributed by atoms with Crippen LogP contribution in [-0.2, 0) is 6.54 Å². The predicted molar refractivity (Wildman–Crippen MR) is 50.2 cm³/mol. The Labute approximate surface area is 76.8 Å². The van der Waals surface area contributed by atoms with E-state index in [1.807, 2.05) is 13.2 Å². The van der Waals surface area contributed by atoms with Gasteiger partial charge in [-0.15, -0.1) is 5.10 Å². The molecule has 0 unspecified atom stereocenters. The van der Waals surface area contributed by atoms with Gasteiger partial charge in [0.25, 0.3) is 0 Å². The van der Waals surface area contributed by atoms with Crippen LogP contribution in [0.4, 0.5) is 0 Å². The van der Waals surface area contributed by atoms with Gasteiger partial charge in [-0.3, -0.25) is 4.90 Å². The Balaban J connectivity index is 2.22. The summed E-state index contributed by atoms with van der Waals surface area (Å²) in [7, 11) is 4.05. The molecule has 0 bridgehead atoms. The fraction of sp³-hybridized carbons (Fsp3) is 0.714. The summed E-state index contributed by atoms with van der Waals surface area (Å²) < 4.78 is 3.80. The quantitative estimate of drug-likeness (QED) is 0.712. The number of hydrogen-bond donors (Lipinski definition) is 1. The molecular formula is C7H14N4S. The average molecular weight is 186 g/mol. The summed E-state index contributed by atoms with van der Waals surface area (Å²) in [5.41, 5.74) is 0. The Hall–Kier alpha value is -0.520. The summed E-state index contributed by atoms with van der Waals surface area (Å²) in [4.78, 5) is 3.46. The number of hydrogen-bond acceptors (Lipinski definition) is 5. The molecule has 0 atom stereocenters. The summed E-state index contributed by atoms with van der Waals surface area (Å²) in [6.45, 7) is 3.01. The monoisotopic (exact) mass is 186 g/mol. The van der Waals surface area contributed by atoms with E-state index in [4.69, 9.17) is 0 Å². The van der Waals surface area contributed by atoms with Crippen molar-refractivity contribution >= 4 is 11.5 Å². The lowest BCUT2D eigenvalue weighted by atomic mass is 10.4. The number of nitrogens with one attached hydrogen (secondary N) is 1. The van der Waals surface area contributed by atoms with E-state index in [0.29, 0.717) is 0 Å². The molecule has 0 aliphatic heterocycles. The van der Waals surface area contributed by atoms with Crippen LogP contribution in [-0.4, -0.2) is 41.7 Å². The van der Waals surface area contributed by atoms with Crippen LogP contribution in [0.25, 0.3) is 0 Å². The minimum atomic E-state index is 0.944. The Morgan fingerprint density at radius 2 is 2.50 bits per heavy atom. The van der Waals surface area contributed by atoms with E-state index in [2.05, 4.69) is 26.9 Å². The van der Waals surface area contributed by atoms with Crippen LogP contribution >= 0.6 is 11.5 Å². The molecule has 4 nitrogen and oxygen atoms in total. The van der Waals surface area contributed by atoms with Gasteiger partial charge in [0.1, 0.15) is 0 Å². The molecule has 0 fully saturated rings. The third kappa shape index (κ3) is 3.25. The van der Waals surface area contributed by atoms with Gasteiger partial charge in [-0.2, -0.15) is 0 Å². The summed E-state index contributed by atoms with van der Waals surface area (Å²) in [6, 6.07) is 0. The molecule has 1 N–H and O–H groups in total. The maximum absolute atomic E-state index is 3.80. The van der Waals surface area contributed by atoms with E-state index in [1.165, 1.54) is 16.4 Å². The van der Waals surface area contributed by atoms with Crippen molar-refractivity contribution in [2.75, 3.05) is 27.2 Å². The van der Waals surface area contributed by atoms with E-state index < -0.39 is 0 Å². The van der Waals surface area contributed by atoms with Gasteiger partial charge in [-0.25, -0.2) is 0 Å². The molecule has 0 aromatic carbocycles. The van der Waals surface area contributed by atoms with Crippen LogP contribution in [0.1, 0.15) is 4.88 Å². The molecule has 1 aromatic heterocycles. The van der Waals surface area contributed by atoms with Gasteiger partial charge >= 0.3 is 0 Å². The third-order valence-electron chi connectivity index (χ3n) is 1.58. The first kappa shape index (κ1) is 9.57. The second-order valence-electron chi connectivity index (χ2n) is 2.73. The van der Waals surface area contributed by atoms with Crippen molar-refractivity contribution in [3.63, 3.8) is 0 Å². The molecule has 0 radical (unpaired) electrons. The first-order valence-electron chi connectivity index (χ1n) is 3.92. The zero-order valence-corrected chi connectivity index (χ0v) is 8.27. The molecule has 1 aromatic rings. The standard InChI is InChI=1S/C7H14N4S/c1-8-3-4-11(2)6-7-5-9-10-12-7/h5,8H,3-4,6H2,1-2H3. The van der Waals surface area contributed by atoms with Crippen molar-refractivity contribution in [3.8, 4) is 0 Å². The van der Waals surface area contributed by atoms with E-state index in [9.17, 15) is 0 Å². The SMILES string of the molecule is CNCCN(C)Cc1cnns1. The van der Waals surface area contributed by atoms with Gasteiger partial charge in [-0.05, 0) is 25.6 Å². The molecule has 1 rings (SSSR count). The van der Waals surface area contributed by atoms with Gasteiger partial charge in [-0.1, -0.05) is 4.49 Å². The maximum atomic E-state index is 3.80. The largest absolute Gasteiger partial charge is 0.318 e. The molecule has 5 heteroatoms. The molecule has 1 heterocycles. The number of rotatable bonds is 5. The summed E-state index contributed by atoms with van der Waals surface area (Å²) in [5.74, 6) is 0. The Morgan fingerprint density at radius 3 is 3.08 bits per heavy atom. The average Bonchev–Trinajstić information content (AvgIpc) is 2.53. The van der Waals surface area contributed by atoms with Gasteiger partial charge in [0.15, 0.2) is 0 Å². The Kier molecular flexibility index (Phi) is 4.13. The number of nitrogens with zero attached hydrogens (tertiary/aromatic N) is 3. The molecule has 0 spiro atoms. The van der Waals surface area contributed by atoms with Crippen LogP contribution in [0.15, 0.2) is 6.20 Å². The van der Waals surface area contributed by atoms with Crippen molar-refractivity contribution in [1.29, 1.82) is 0 Å². The molecule has 12 heavy (non-hydrogen) atoms. The summed E-state index contributed by atoms with van der Waals surface area (Å²) in [5, 5.41) is 6.89. The zero-order chi connectivity index (χ0) is 8.81. The number of aromatic nitrogens is 2. The highest BCUT2D eigenvalue weighted by molar-refractivity contribution is 7.05. The third-order valence-corrected chi connectivity index (χ3v) is 2.22. The lowest BCUT2D eigenvalue weighted by Crippen LogP contribution is -2.26. The van der Waals surface area contributed by atoms with E-state index in [0.717, 1.165) is 19.6 Å². The van der Waals surface area contributed by atoms with Crippen LogP contribution in [0.3, 0.4) is 0 Å². The minimum absolute atomic E-state index is 0.944. The Morgan fingerprint density at radius 1 is 1.67 bits per heavy atom. The Bertz CT molecular complexity index is 199. The van der Waals surface area contributed by atoms with E-state index in [1.54, 1.807) is 0 Å². The van der Waals surface area contributed by atoms with Crippen molar-refractivity contribution in [1.82, 2.24) is 19.8 Å². The summed E-state index contributed by atoms with van der Waals surface area (Å²) >= 11 is 1.46. The second-order valence-corrected chi connectivity index (χ2v) is 3.60. The highest BCUT2D eigenvalue weighted by Crippen LogP contribution is 2.04. The first-order chi connectivity index (χ1) is 5.83. The normalized spacial score (nSPS) is 10.9. The van der Waals surface area contributed by atoms with Crippen LogP contribution in [0.5, 0.6) is 0 Å². The zero-order valence-electron chi connectivity index (χ0n) is 7.45. The predicted octanol–water partition coefficient (Wildman–Crippen LogP) is 0.189. The van der Waals surface area contributed by atoms with E-state index in [-0.39, 0.29) is 0 Å².